The zero-order valence-electron chi connectivity index (χ0n) is 18.0. The van der Waals surface area contributed by atoms with Gasteiger partial charge in [-0.1, -0.05) is 41.6 Å². The average Bonchev–Trinajstić information content (AvgIpc) is 3.42. The molecule has 1 aromatic heterocycles. The van der Waals surface area contributed by atoms with Crippen LogP contribution in [0.5, 0.6) is 0 Å². The van der Waals surface area contributed by atoms with E-state index in [-0.39, 0.29) is 29.4 Å². The Bertz CT molecular complexity index is 1200. The molecule has 0 unspecified atom stereocenters. The minimum absolute atomic E-state index is 0.0507. The van der Waals surface area contributed by atoms with Crippen LogP contribution in [0.1, 0.15) is 34.5 Å². The van der Waals surface area contributed by atoms with Gasteiger partial charge in [0.15, 0.2) is 5.69 Å². The number of carbonyl (C=O) groups is 2. The van der Waals surface area contributed by atoms with Gasteiger partial charge in [-0.05, 0) is 37.5 Å². The average molecular weight is 433 g/mol. The van der Waals surface area contributed by atoms with Gasteiger partial charge in [0.05, 0.1) is 23.3 Å². The third kappa shape index (κ3) is 3.26. The van der Waals surface area contributed by atoms with Crippen molar-refractivity contribution in [3.63, 3.8) is 0 Å². The first kappa shape index (κ1) is 20.4. The molecule has 2 fully saturated rings. The Morgan fingerprint density at radius 1 is 1.09 bits per heavy atom. The van der Waals surface area contributed by atoms with Gasteiger partial charge < -0.3 is 9.80 Å². The summed E-state index contributed by atoms with van der Waals surface area (Å²) in [5, 5.41) is 8.15. The maximum atomic E-state index is 14.3. The first-order valence-electron chi connectivity index (χ1n) is 10.7. The zero-order chi connectivity index (χ0) is 22.5. The van der Waals surface area contributed by atoms with Gasteiger partial charge in [-0.25, -0.2) is 9.07 Å². The normalized spacial score (nSPS) is 17.0. The maximum Gasteiger partial charge on any atom is 0.276 e. The standard InChI is InChI=1S/C24H24FN5O2/c1-16-7-3-6-10-21(16)30-15-20(26-27-30)22(31)28(2)17-13-29(14-17)23(32)24(11-12-24)18-8-4-5-9-19(18)25/h3-10,15,17H,11-14H2,1-2H3. The second-order valence-electron chi connectivity index (χ2n) is 8.68. The Balaban J connectivity index is 1.24. The lowest BCUT2D eigenvalue weighted by atomic mass is 9.91. The predicted molar refractivity (Wildman–Crippen MR) is 116 cm³/mol. The molecule has 0 radical (unpaired) electrons. The Morgan fingerprint density at radius 2 is 1.78 bits per heavy atom. The molecule has 0 N–H and O–H groups in total. The molecule has 1 saturated carbocycles. The van der Waals surface area contributed by atoms with Crippen molar-refractivity contribution in [2.24, 2.45) is 0 Å². The van der Waals surface area contributed by atoms with Gasteiger partial charge in [0.25, 0.3) is 5.91 Å². The number of hydrogen-bond acceptors (Lipinski definition) is 4. The number of aromatic nitrogens is 3. The fourth-order valence-electron chi connectivity index (χ4n) is 4.39. The number of benzene rings is 2. The van der Waals surface area contributed by atoms with Crippen LogP contribution in [0.2, 0.25) is 0 Å². The molecule has 0 atom stereocenters. The first-order chi connectivity index (χ1) is 15.4. The minimum Gasteiger partial charge on any atom is -0.338 e. The highest BCUT2D eigenvalue weighted by molar-refractivity contribution is 5.94. The van der Waals surface area contributed by atoms with Crippen LogP contribution in [0.15, 0.2) is 54.7 Å². The van der Waals surface area contributed by atoms with E-state index in [0.717, 1.165) is 11.3 Å². The van der Waals surface area contributed by atoms with Crippen LogP contribution < -0.4 is 0 Å². The van der Waals surface area contributed by atoms with E-state index >= 15 is 0 Å². The third-order valence-corrected chi connectivity index (χ3v) is 6.64. The fraction of sp³-hybridized carbons (Fsp3) is 0.333. The van der Waals surface area contributed by atoms with Crippen molar-refractivity contribution in [2.75, 3.05) is 20.1 Å². The Hall–Kier alpha value is -3.55. The van der Waals surface area contributed by atoms with Crippen LogP contribution in [0.4, 0.5) is 4.39 Å². The van der Waals surface area contributed by atoms with Crippen LogP contribution in [-0.4, -0.2) is 62.8 Å². The highest BCUT2D eigenvalue weighted by Crippen LogP contribution is 2.51. The second-order valence-corrected chi connectivity index (χ2v) is 8.68. The van der Waals surface area contributed by atoms with Crippen molar-refractivity contribution in [3.8, 4) is 5.69 Å². The van der Waals surface area contributed by atoms with Crippen molar-refractivity contribution >= 4 is 11.8 Å². The number of halogens is 1. The number of para-hydroxylation sites is 1. The van der Waals surface area contributed by atoms with Gasteiger partial charge in [-0.3, -0.25) is 9.59 Å². The van der Waals surface area contributed by atoms with E-state index in [4.69, 9.17) is 0 Å². The van der Waals surface area contributed by atoms with Crippen molar-refractivity contribution in [1.82, 2.24) is 24.8 Å². The molecule has 1 aliphatic carbocycles. The van der Waals surface area contributed by atoms with E-state index in [2.05, 4.69) is 10.3 Å². The van der Waals surface area contributed by atoms with Crippen molar-refractivity contribution in [1.29, 1.82) is 0 Å². The van der Waals surface area contributed by atoms with Gasteiger partial charge in [0.2, 0.25) is 5.91 Å². The number of rotatable bonds is 5. The lowest BCUT2D eigenvalue weighted by Gasteiger charge is -2.45. The van der Waals surface area contributed by atoms with Crippen LogP contribution in [0.3, 0.4) is 0 Å². The van der Waals surface area contributed by atoms with Crippen molar-refractivity contribution < 1.29 is 14.0 Å². The summed E-state index contributed by atoms with van der Waals surface area (Å²) >= 11 is 0. The lowest BCUT2D eigenvalue weighted by Crippen LogP contribution is -2.63. The molecule has 0 bridgehead atoms. The SMILES string of the molecule is Cc1ccccc1-n1cc(C(=O)N(C)C2CN(C(=O)C3(c4ccccc4F)CC3)C2)nn1. The minimum atomic E-state index is -0.741. The van der Waals surface area contributed by atoms with E-state index in [1.807, 2.05) is 31.2 Å². The number of carbonyl (C=O) groups excluding carboxylic acids is 2. The highest BCUT2D eigenvalue weighted by Gasteiger charge is 2.56. The Kier molecular flexibility index (Phi) is 4.80. The first-order valence-corrected chi connectivity index (χ1v) is 10.7. The zero-order valence-corrected chi connectivity index (χ0v) is 18.0. The van der Waals surface area contributed by atoms with Crippen LogP contribution in [0, 0.1) is 12.7 Å². The third-order valence-electron chi connectivity index (χ3n) is 6.64. The molecule has 164 valence electrons. The fourth-order valence-corrected chi connectivity index (χ4v) is 4.39. The molecule has 0 spiro atoms. The summed E-state index contributed by atoms with van der Waals surface area (Å²) in [6, 6.07) is 14.1. The molecule has 3 aromatic rings. The van der Waals surface area contributed by atoms with E-state index in [0.29, 0.717) is 31.5 Å². The number of likely N-dealkylation sites (tertiary alicyclic amines) is 1. The molecule has 2 heterocycles. The van der Waals surface area contributed by atoms with Gasteiger partial charge in [-0.15, -0.1) is 5.10 Å². The molecule has 8 heteroatoms. The second kappa shape index (κ2) is 7.55. The van der Waals surface area contributed by atoms with Gasteiger partial charge in [0.1, 0.15) is 5.82 Å². The highest BCUT2D eigenvalue weighted by atomic mass is 19.1. The summed E-state index contributed by atoms with van der Waals surface area (Å²) in [6.07, 6.45) is 2.94. The molecule has 32 heavy (non-hydrogen) atoms. The number of amides is 2. The van der Waals surface area contributed by atoms with E-state index < -0.39 is 5.41 Å². The molecule has 5 rings (SSSR count). The van der Waals surface area contributed by atoms with Gasteiger partial charge >= 0.3 is 0 Å². The summed E-state index contributed by atoms with van der Waals surface area (Å²) in [4.78, 5) is 29.3. The number of aryl methyl sites for hydroxylation is 1. The number of likely N-dealkylation sites (N-methyl/N-ethyl adjacent to an activating group) is 1. The Morgan fingerprint density at radius 3 is 2.47 bits per heavy atom. The molecule has 2 aliphatic rings. The Labute approximate surface area is 185 Å². The van der Waals surface area contributed by atoms with E-state index in [9.17, 15) is 14.0 Å². The lowest BCUT2D eigenvalue weighted by molar-refractivity contribution is -0.140. The van der Waals surface area contributed by atoms with Crippen LogP contribution in [0.25, 0.3) is 5.69 Å². The molecule has 1 aliphatic heterocycles. The predicted octanol–water partition coefficient (Wildman–Crippen LogP) is 2.73. The molecule has 2 amide bonds. The van der Waals surface area contributed by atoms with E-state index in [1.54, 1.807) is 45.9 Å². The topological polar surface area (TPSA) is 71.3 Å². The summed E-state index contributed by atoms with van der Waals surface area (Å²) in [7, 11) is 1.71. The van der Waals surface area contributed by atoms with E-state index in [1.165, 1.54) is 6.07 Å². The quantitative estimate of drug-likeness (QED) is 0.620. The monoisotopic (exact) mass is 433 g/mol. The smallest absolute Gasteiger partial charge is 0.276 e. The van der Waals surface area contributed by atoms with Crippen molar-refractivity contribution in [3.05, 3.63) is 77.4 Å². The molecule has 1 saturated heterocycles. The number of hydrogen-bond donors (Lipinski definition) is 0. The maximum absolute atomic E-state index is 14.3. The van der Waals surface area contributed by atoms with Gasteiger partial charge in [-0.2, -0.15) is 0 Å². The molecule has 7 nitrogen and oxygen atoms in total. The summed E-state index contributed by atoms with van der Waals surface area (Å²) in [5.41, 5.74) is 1.89. The van der Waals surface area contributed by atoms with Crippen molar-refractivity contribution in [2.45, 2.75) is 31.2 Å². The molecular weight excluding hydrogens is 409 g/mol. The molecule has 2 aromatic carbocycles. The van der Waals surface area contributed by atoms with Crippen LogP contribution in [-0.2, 0) is 10.2 Å². The largest absolute Gasteiger partial charge is 0.338 e. The summed E-state index contributed by atoms with van der Waals surface area (Å²) in [6.45, 7) is 2.84. The van der Waals surface area contributed by atoms with Crippen LogP contribution >= 0.6 is 0 Å². The molecular formula is C24H24FN5O2. The summed E-state index contributed by atoms with van der Waals surface area (Å²) in [5.74, 6) is -0.623. The number of nitrogens with zero attached hydrogens (tertiary/aromatic N) is 5. The summed E-state index contributed by atoms with van der Waals surface area (Å²) < 4.78 is 15.9. The van der Waals surface area contributed by atoms with Gasteiger partial charge in [0, 0.05) is 25.7 Å².